The average molecular weight is 478 g/mol. The Bertz CT molecular complexity index is 1130. The van der Waals surface area contributed by atoms with Gasteiger partial charge in [-0.2, -0.15) is 0 Å². The van der Waals surface area contributed by atoms with E-state index in [-0.39, 0.29) is 23.6 Å². The molecule has 3 aliphatic heterocycles. The second kappa shape index (κ2) is 9.70. The Morgan fingerprint density at radius 1 is 0.943 bits per heavy atom. The van der Waals surface area contributed by atoms with E-state index < -0.39 is 0 Å². The number of methoxy groups -OCH3 is 2. The van der Waals surface area contributed by atoms with Crippen molar-refractivity contribution in [1.82, 2.24) is 14.7 Å². The van der Waals surface area contributed by atoms with Gasteiger partial charge in [0.1, 0.15) is 0 Å². The van der Waals surface area contributed by atoms with Crippen molar-refractivity contribution in [3.63, 3.8) is 0 Å². The maximum absolute atomic E-state index is 13.4. The van der Waals surface area contributed by atoms with Crippen molar-refractivity contribution in [2.75, 3.05) is 46.9 Å². The molecule has 0 aliphatic carbocycles. The van der Waals surface area contributed by atoms with E-state index in [4.69, 9.17) is 9.47 Å². The van der Waals surface area contributed by atoms with Crippen LogP contribution in [0.3, 0.4) is 0 Å². The monoisotopic (exact) mass is 477 g/mol. The van der Waals surface area contributed by atoms with E-state index in [0.717, 1.165) is 31.4 Å². The quantitative estimate of drug-likeness (QED) is 0.595. The van der Waals surface area contributed by atoms with E-state index in [1.54, 1.807) is 38.5 Å². The van der Waals surface area contributed by atoms with Crippen LogP contribution in [0, 0.1) is 5.92 Å². The average Bonchev–Trinajstić information content (AvgIpc) is 3.15. The molecule has 0 spiro atoms. The Labute approximate surface area is 205 Å². The summed E-state index contributed by atoms with van der Waals surface area (Å²) in [6, 6.07) is 10.9. The number of amides is 3. The zero-order valence-electron chi connectivity index (χ0n) is 20.3. The molecule has 1 atom stereocenters. The van der Waals surface area contributed by atoms with Crippen molar-refractivity contribution < 1.29 is 23.9 Å². The van der Waals surface area contributed by atoms with Crippen LogP contribution in [-0.4, -0.2) is 79.4 Å². The highest BCUT2D eigenvalue weighted by Crippen LogP contribution is 2.34. The standard InChI is InChI=1S/C27H31N3O5/c1-34-23-14-18-9-11-29(17-20(18)15-24(23)35-2)25(31)19-6-5-10-28(16-19)12-13-30-26(32)21-7-3-4-8-22(21)27(30)33/h3-4,7-8,14-15,19H,5-6,9-13,16-17H2,1-2H3/t19-/m1/s1. The van der Waals surface area contributed by atoms with Crippen LogP contribution >= 0.6 is 0 Å². The lowest BCUT2D eigenvalue weighted by atomic mass is 9.93. The van der Waals surface area contributed by atoms with Crippen molar-refractivity contribution in [2.45, 2.75) is 25.8 Å². The number of imide groups is 1. The maximum atomic E-state index is 13.4. The summed E-state index contributed by atoms with van der Waals surface area (Å²) in [7, 11) is 3.25. The van der Waals surface area contributed by atoms with Crippen LogP contribution in [-0.2, 0) is 17.8 Å². The van der Waals surface area contributed by atoms with Crippen LogP contribution in [0.5, 0.6) is 11.5 Å². The molecule has 0 unspecified atom stereocenters. The molecule has 0 bridgehead atoms. The molecule has 1 fully saturated rings. The molecule has 0 radical (unpaired) electrons. The third-order valence-corrected chi connectivity index (χ3v) is 7.40. The van der Waals surface area contributed by atoms with E-state index in [9.17, 15) is 14.4 Å². The third-order valence-electron chi connectivity index (χ3n) is 7.40. The summed E-state index contributed by atoms with van der Waals surface area (Å²) in [4.78, 5) is 44.2. The van der Waals surface area contributed by atoms with Gasteiger partial charge in [0.05, 0.1) is 31.3 Å². The normalized spacial score (nSPS) is 20.0. The number of carbonyl (C=O) groups excluding carboxylic acids is 3. The third kappa shape index (κ3) is 4.38. The van der Waals surface area contributed by atoms with E-state index in [0.29, 0.717) is 55.3 Å². The van der Waals surface area contributed by atoms with Crippen LogP contribution in [0.25, 0.3) is 0 Å². The Morgan fingerprint density at radius 2 is 1.60 bits per heavy atom. The van der Waals surface area contributed by atoms with E-state index in [2.05, 4.69) is 4.90 Å². The largest absolute Gasteiger partial charge is 0.493 e. The fourth-order valence-corrected chi connectivity index (χ4v) is 5.47. The number of nitrogens with zero attached hydrogens (tertiary/aromatic N) is 3. The molecule has 1 saturated heterocycles. The molecule has 0 aromatic heterocycles. The highest BCUT2D eigenvalue weighted by molar-refractivity contribution is 6.21. The van der Waals surface area contributed by atoms with Gasteiger partial charge < -0.3 is 19.3 Å². The van der Waals surface area contributed by atoms with Gasteiger partial charge in [-0.1, -0.05) is 12.1 Å². The van der Waals surface area contributed by atoms with Crippen molar-refractivity contribution in [3.05, 3.63) is 58.7 Å². The lowest BCUT2D eigenvalue weighted by Gasteiger charge is -2.37. The van der Waals surface area contributed by atoms with Gasteiger partial charge in [0, 0.05) is 32.7 Å². The van der Waals surface area contributed by atoms with Gasteiger partial charge in [-0.3, -0.25) is 19.3 Å². The summed E-state index contributed by atoms with van der Waals surface area (Å²) in [6.07, 6.45) is 2.57. The molecule has 35 heavy (non-hydrogen) atoms. The number of hydrogen-bond donors (Lipinski definition) is 0. The molecule has 5 rings (SSSR count). The molecule has 3 heterocycles. The SMILES string of the molecule is COc1cc2c(cc1OC)CN(C(=O)[C@@H]1CCCN(CCN3C(=O)c4ccccc4C3=O)C1)CC2. The minimum Gasteiger partial charge on any atom is -0.493 e. The maximum Gasteiger partial charge on any atom is 0.261 e. The number of likely N-dealkylation sites (tertiary alicyclic amines) is 1. The van der Waals surface area contributed by atoms with Crippen LogP contribution in [0.15, 0.2) is 36.4 Å². The van der Waals surface area contributed by atoms with E-state index in [1.165, 1.54) is 10.5 Å². The van der Waals surface area contributed by atoms with Crippen LogP contribution in [0.4, 0.5) is 0 Å². The van der Waals surface area contributed by atoms with Crippen LogP contribution in [0.1, 0.15) is 44.7 Å². The first-order valence-corrected chi connectivity index (χ1v) is 12.2. The number of ether oxygens (including phenoxy) is 2. The fraction of sp³-hybridized carbons (Fsp3) is 0.444. The molecule has 2 aromatic carbocycles. The smallest absolute Gasteiger partial charge is 0.261 e. The van der Waals surface area contributed by atoms with Gasteiger partial charge >= 0.3 is 0 Å². The highest BCUT2D eigenvalue weighted by atomic mass is 16.5. The Kier molecular flexibility index (Phi) is 6.47. The first-order valence-electron chi connectivity index (χ1n) is 12.2. The number of hydrogen-bond acceptors (Lipinski definition) is 6. The molecule has 3 aliphatic rings. The first kappa shape index (κ1) is 23.4. The van der Waals surface area contributed by atoms with Gasteiger partial charge in [0.15, 0.2) is 11.5 Å². The first-order chi connectivity index (χ1) is 17.0. The summed E-state index contributed by atoms with van der Waals surface area (Å²) in [5.74, 6) is 1.04. The number of piperidine rings is 1. The number of rotatable bonds is 6. The summed E-state index contributed by atoms with van der Waals surface area (Å²) < 4.78 is 10.9. The van der Waals surface area contributed by atoms with Gasteiger partial charge in [0.25, 0.3) is 11.8 Å². The zero-order valence-corrected chi connectivity index (χ0v) is 20.3. The fourth-order valence-electron chi connectivity index (χ4n) is 5.47. The lowest BCUT2D eigenvalue weighted by Crippen LogP contribution is -2.48. The predicted octanol–water partition coefficient (Wildman–Crippen LogP) is 2.60. The molecule has 0 saturated carbocycles. The van der Waals surface area contributed by atoms with Crippen molar-refractivity contribution in [3.8, 4) is 11.5 Å². The molecule has 0 N–H and O–H groups in total. The minimum atomic E-state index is -0.228. The van der Waals surface area contributed by atoms with Gasteiger partial charge in [-0.15, -0.1) is 0 Å². The summed E-state index contributed by atoms with van der Waals surface area (Å²) in [6.45, 7) is 3.69. The van der Waals surface area contributed by atoms with Crippen LogP contribution in [0.2, 0.25) is 0 Å². The molecule has 3 amide bonds. The summed E-state index contributed by atoms with van der Waals surface area (Å²) in [5.41, 5.74) is 3.24. The molecular weight excluding hydrogens is 446 g/mol. The van der Waals surface area contributed by atoms with E-state index >= 15 is 0 Å². The molecular formula is C27H31N3O5. The van der Waals surface area contributed by atoms with Gasteiger partial charge in [-0.25, -0.2) is 0 Å². The highest BCUT2D eigenvalue weighted by Gasteiger charge is 2.36. The summed E-state index contributed by atoms with van der Waals surface area (Å²) in [5, 5.41) is 0. The van der Waals surface area contributed by atoms with Gasteiger partial charge in [-0.05, 0) is 61.2 Å². The van der Waals surface area contributed by atoms with Gasteiger partial charge in [0.2, 0.25) is 5.91 Å². The van der Waals surface area contributed by atoms with E-state index in [1.807, 2.05) is 17.0 Å². The lowest BCUT2D eigenvalue weighted by molar-refractivity contribution is -0.138. The van der Waals surface area contributed by atoms with Crippen molar-refractivity contribution in [1.29, 1.82) is 0 Å². The minimum absolute atomic E-state index is 0.0763. The molecule has 8 heteroatoms. The second-order valence-corrected chi connectivity index (χ2v) is 9.43. The van der Waals surface area contributed by atoms with Crippen molar-refractivity contribution in [2.24, 2.45) is 5.92 Å². The molecule has 184 valence electrons. The van der Waals surface area contributed by atoms with Crippen molar-refractivity contribution >= 4 is 17.7 Å². The summed E-state index contributed by atoms with van der Waals surface area (Å²) >= 11 is 0. The topological polar surface area (TPSA) is 79.4 Å². The van der Waals surface area contributed by atoms with Crippen LogP contribution < -0.4 is 9.47 Å². The Morgan fingerprint density at radius 3 is 2.26 bits per heavy atom. The molecule has 2 aromatic rings. The Hall–Kier alpha value is -3.39. The number of fused-ring (bicyclic) bond motifs is 2. The molecule has 8 nitrogen and oxygen atoms in total. The number of carbonyl (C=O) groups is 3. The number of benzene rings is 2. The zero-order chi connectivity index (χ0) is 24.5. The predicted molar refractivity (Wildman–Crippen MR) is 130 cm³/mol. The second-order valence-electron chi connectivity index (χ2n) is 9.43. The Balaban J connectivity index is 1.19.